The molecule has 2 aromatic rings. The molecule has 132 valence electrons. The second-order valence-electron chi connectivity index (χ2n) is 5.29. The van der Waals surface area contributed by atoms with E-state index in [1.165, 1.54) is 18.3 Å². The molecule has 7 nitrogen and oxygen atoms in total. The van der Waals surface area contributed by atoms with Crippen LogP contribution in [0.1, 0.15) is 24.5 Å². The minimum absolute atomic E-state index is 0.0833. The van der Waals surface area contributed by atoms with Crippen molar-refractivity contribution < 1.29 is 30.0 Å². The fourth-order valence-corrected chi connectivity index (χ4v) is 2.17. The highest BCUT2D eigenvalue weighted by molar-refractivity contribution is 5.87. The minimum atomic E-state index is -0.478. The maximum absolute atomic E-state index is 11.4. The van der Waals surface area contributed by atoms with E-state index in [0.29, 0.717) is 13.0 Å². The number of phenols is 4. The van der Waals surface area contributed by atoms with Gasteiger partial charge in [-0.25, -0.2) is 0 Å². The van der Waals surface area contributed by atoms with Crippen LogP contribution in [0.25, 0.3) is 0 Å². The molecule has 2 rings (SSSR count). The van der Waals surface area contributed by atoms with Gasteiger partial charge in [-0.2, -0.15) is 0 Å². The Kier molecular flexibility index (Phi) is 5.84. The maximum atomic E-state index is 11.4. The number of aromatic hydroxyl groups is 4. The fraction of sp³-hybridized carbons (Fsp3) is 0.222. The molecule has 0 spiro atoms. The van der Waals surface area contributed by atoms with Crippen molar-refractivity contribution in [2.45, 2.75) is 19.8 Å². The summed E-state index contributed by atoms with van der Waals surface area (Å²) >= 11 is 0. The van der Waals surface area contributed by atoms with Crippen molar-refractivity contribution in [3.05, 3.63) is 41.5 Å². The average Bonchev–Trinajstić information content (AvgIpc) is 2.57. The maximum Gasteiger partial charge on any atom is 0.306 e. The molecule has 0 fully saturated rings. The smallest absolute Gasteiger partial charge is 0.306 e. The Morgan fingerprint density at radius 2 is 1.88 bits per heavy atom. The monoisotopic (exact) mass is 345 g/mol. The number of phenolic OH excluding ortho intramolecular Hbond substituents is 4. The number of aryl methyl sites for hydroxylation is 1. The van der Waals surface area contributed by atoms with E-state index in [1.54, 1.807) is 19.1 Å². The molecule has 0 radical (unpaired) electrons. The SMILES string of the molecule is CCOC(=O)CCc1ccc(O)c(N=Cc2cc(O)cc(O)c2O)c1. The molecule has 0 aliphatic carbocycles. The highest BCUT2D eigenvalue weighted by atomic mass is 16.5. The lowest BCUT2D eigenvalue weighted by molar-refractivity contribution is -0.143. The van der Waals surface area contributed by atoms with Crippen LogP contribution in [0.15, 0.2) is 35.3 Å². The number of hydrogen-bond acceptors (Lipinski definition) is 7. The van der Waals surface area contributed by atoms with Crippen LogP contribution < -0.4 is 0 Å². The standard InChI is InChI=1S/C18H19NO6/c1-2-25-17(23)6-4-11-3-5-15(21)14(7-11)19-10-12-8-13(20)9-16(22)18(12)24/h3,5,7-10,20-22,24H,2,4,6H2,1H3. The summed E-state index contributed by atoms with van der Waals surface area (Å²) in [6.45, 7) is 2.06. The van der Waals surface area contributed by atoms with Crippen molar-refractivity contribution in [1.29, 1.82) is 0 Å². The summed E-state index contributed by atoms with van der Waals surface area (Å²) in [6, 6.07) is 6.95. The molecule has 2 aromatic carbocycles. The molecule has 0 aromatic heterocycles. The Bertz CT molecular complexity index is 800. The number of hydrogen-bond donors (Lipinski definition) is 4. The molecular formula is C18H19NO6. The molecule has 7 heteroatoms. The van der Waals surface area contributed by atoms with Crippen LogP contribution >= 0.6 is 0 Å². The molecule has 0 saturated heterocycles. The van der Waals surface area contributed by atoms with Crippen LogP contribution in [-0.4, -0.2) is 39.2 Å². The number of carbonyl (C=O) groups excluding carboxylic acids is 1. The Hall–Kier alpha value is -3.22. The predicted octanol–water partition coefficient (Wildman–Crippen LogP) is 2.76. The van der Waals surface area contributed by atoms with Crippen molar-refractivity contribution in [2.24, 2.45) is 4.99 Å². The molecule has 0 amide bonds. The third kappa shape index (κ3) is 4.87. The average molecular weight is 345 g/mol. The van der Waals surface area contributed by atoms with E-state index in [1.807, 2.05) is 0 Å². The van der Waals surface area contributed by atoms with Gasteiger partial charge in [-0.05, 0) is 37.1 Å². The number of rotatable bonds is 6. The molecule has 0 saturated carbocycles. The van der Waals surface area contributed by atoms with Gasteiger partial charge in [0.25, 0.3) is 0 Å². The third-order valence-corrected chi connectivity index (χ3v) is 3.41. The predicted molar refractivity (Wildman–Crippen MR) is 91.8 cm³/mol. The summed E-state index contributed by atoms with van der Waals surface area (Å²) < 4.78 is 4.87. The van der Waals surface area contributed by atoms with Gasteiger partial charge in [-0.15, -0.1) is 0 Å². The van der Waals surface area contributed by atoms with Gasteiger partial charge in [0.2, 0.25) is 0 Å². The molecule has 0 aliphatic rings. The molecule has 0 bridgehead atoms. The van der Waals surface area contributed by atoms with E-state index in [0.717, 1.165) is 11.6 Å². The van der Waals surface area contributed by atoms with Crippen molar-refractivity contribution in [3.8, 4) is 23.0 Å². The zero-order chi connectivity index (χ0) is 18.4. The summed E-state index contributed by atoms with van der Waals surface area (Å²) in [5.74, 6) is -1.53. The summed E-state index contributed by atoms with van der Waals surface area (Å²) in [5.41, 5.74) is 1.10. The van der Waals surface area contributed by atoms with Gasteiger partial charge < -0.3 is 25.2 Å². The number of esters is 1. The van der Waals surface area contributed by atoms with E-state index >= 15 is 0 Å². The van der Waals surface area contributed by atoms with Crippen LogP contribution in [0.5, 0.6) is 23.0 Å². The van der Waals surface area contributed by atoms with Crippen molar-refractivity contribution in [1.82, 2.24) is 0 Å². The Labute approximate surface area is 144 Å². The third-order valence-electron chi connectivity index (χ3n) is 3.41. The molecule has 25 heavy (non-hydrogen) atoms. The molecule has 0 atom stereocenters. The van der Waals surface area contributed by atoms with E-state index in [4.69, 9.17) is 4.74 Å². The topological polar surface area (TPSA) is 120 Å². The second-order valence-corrected chi connectivity index (χ2v) is 5.29. The van der Waals surface area contributed by atoms with Crippen LogP contribution in [0, 0.1) is 0 Å². The summed E-state index contributed by atoms with van der Waals surface area (Å²) in [4.78, 5) is 15.5. The Balaban J connectivity index is 2.19. The number of nitrogens with zero attached hydrogens (tertiary/aromatic N) is 1. The van der Waals surface area contributed by atoms with E-state index in [2.05, 4.69) is 4.99 Å². The molecule has 0 heterocycles. The highest BCUT2D eigenvalue weighted by Crippen LogP contribution is 2.33. The summed E-state index contributed by atoms with van der Waals surface area (Å²) in [7, 11) is 0. The Morgan fingerprint density at radius 1 is 1.12 bits per heavy atom. The summed E-state index contributed by atoms with van der Waals surface area (Å²) in [6.07, 6.45) is 1.85. The summed E-state index contributed by atoms with van der Waals surface area (Å²) in [5, 5.41) is 38.6. The first kappa shape index (κ1) is 18.1. The van der Waals surface area contributed by atoms with Crippen molar-refractivity contribution in [2.75, 3.05) is 6.61 Å². The molecule has 0 unspecified atom stereocenters. The number of ether oxygens (including phenoxy) is 1. The van der Waals surface area contributed by atoms with Gasteiger partial charge in [-0.3, -0.25) is 9.79 Å². The van der Waals surface area contributed by atoms with Gasteiger partial charge in [0.05, 0.1) is 6.61 Å². The van der Waals surface area contributed by atoms with Crippen LogP contribution in [0.4, 0.5) is 5.69 Å². The van der Waals surface area contributed by atoms with Gasteiger partial charge >= 0.3 is 5.97 Å². The van der Waals surface area contributed by atoms with E-state index in [9.17, 15) is 25.2 Å². The fourth-order valence-electron chi connectivity index (χ4n) is 2.17. The number of carbonyl (C=O) groups is 1. The van der Waals surface area contributed by atoms with Gasteiger partial charge in [0.15, 0.2) is 11.5 Å². The first-order chi connectivity index (χ1) is 11.9. The van der Waals surface area contributed by atoms with Crippen LogP contribution in [0.2, 0.25) is 0 Å². The number of aliphatic imine (C=N–C) groups is 1. The van der Waals surface area contributed by atoms with E-state index in [-0.39, 0.29) is 35.1 Å². The lowest BCUT2D eigenvalue weighted by Gasteiger charge is -2.06. The van der Waals surface area contributed by atoms with Crippen LogP contribution in [-0.2, 0) is 16.0 Å². The minimum Gasteiger partial charge on any atom is -0.508 e. The molecular weight excluding hydrogens is 326 g/mol. The van der Waals surface area contributed by atoms with Gasteiger partial charge in [-0.1, -0.05) is 6.07 Å². The second kappa shape index (κ2) is 8.05. The number of benzene rings is 2. The lowest BCUT2D eigenvalue weighted by Crippen LogP contribution is -2.05. The van der Waals surface area contributed by atoms with Gasteiger partial charge in [0, 0.05) is 24.3 Å². The first-order valence-electron chi connectivity index (χ1n) is 7.67. The van der Waals surface area contributed by atoms with E-state index < -0.39 is 11.5 Å². The highest BCUT2D eigenvalue weighted by Gasteiger charge is 2.09. The largest absolute Gasteiger partial charge is 0.508 e. The lowest BCUT2D eigenvalue weighted by atomic mass is 10.1. The van der Waals surface area contributed by atoms with Crippen molar-refractivity contribution in [3.63, 3.8) is 0 Å². The van der Waals surface area contributed by atoms with Gasteiger partial charge in [0.1, 0.15) is 17.2 Å². The van der Waals surface area contributed by atoms with Crippen molar-refractivity contribution >= 4 is 17.9 Å². The zero-order valence-electron chi connectivity index (χ0n) is 13.6. The molecule has 4 N–H and O–H groups in total. The normalized spacial score (nSPS) is 10.9. The first-order valence-corrected chi connectivity index (χ1v) is 7.67. The quantitative estimate of drug-likeness (QED) is 0.277. The van der Waals surface area contributed by atoms with Crippen LogP contribution in [0.3, 0.4) is 0 Å². The zero-order valence-corrected chi connectivity index (χ0v) is 13.6. The molecule has 0 aliphatic heterocycles. The Morgan fingerprint density at radius 3 is 2.60 bits per heavy atom.